The maximum absolute atomic E-state index is 13.2. The normalized spacial score (nSPS) is 10.1. The molecule has 0 fully saturated rings. The molecule has 0 saturated carbocycles. The Morgan fingerprint density at radius 1 is 1.11 bits per heavy atom. The van der Waals surface area contributed by atoms with E-state index in [1.54, 1.807) is 6.92 Å². The predicted molar refractivity (Wildman–Crippen MR) is 67.5 cm³/mol. The number of carbonyl (C=O) groups is 2. The summed E-state index contributed by atoms with van der Waals surface area (Å²) in [4.78, 5) is 23.5. The molecule has 104 valence electrons. The minimum Gasteiger partial charge on any atom is -0.462 e. The van der Waals surface area contributed by atoms with E-state index in [4.69, 9.17) is 9.47 Å². The van der Waals surface area contributed by atoms with Crippen LogP contribution in [-0.2, 0) is 9.47 Å². The van der Waals surface area contributed by atoms with Crippen LogP contribution in [0.25, 0.3) is 0 Å². The maximum Gasteiger partial charge on any atom is 0.339 e. The lowest BCUT2D eigenvalue weighted by atomic mass is 10.1. The van der Waals surface area contributed by atoms with Gasteiger partial charge in [0.05, 0.1) is 24.3 Å². The summed E-state index contributed by atoms with van der Waals surface area (Å²) in [7, 11) is 0. The molecule has 1 rings (SSSR count). The van der Waals surface area contributed by atoms with Gasteiger partial charge in [-0.05, 0) is 31.5 Å². The van der Waals surface area contributed by atoms with E-state index in [1.165, 1.54) is 6.07 Å². The molecule has 0 bridgehead atoms. The van der Waals surface area contributed by atoms with Gasteiger partial charge in [0.2, 0.25) is 0 Å². The summed E-state index contributed by atoms with van der Waals surface area (Å²) in [6.07, 6.45) is 1.59. The van der Waals surface area contributed by atoms with Crippen molar-refractivity contribution in [3.63, 3.8) is 0 Å². The number of hydrogen-bond donors (Lipinski definition) is 0. The highest BCUT2D eigenvalue weighted by molar-refractivity contribution is 6.03. The Morgan fingerprint density at radius 2 is 1.79 bits per heavy atom. The molecule has 4 nitrogen and oxygen atoms in total. The van der Waals surface area contributed by atoms with Gasteiger partial charge < -0.3 is 9.47 Å². The number of hydrogen-bond acceptors (Lipinski definition) is 4. The van der Waals surface area contributed by atoms with Crippen LogP contribution in [0.4, 0.5) is 4.39 Å². The Morgan fingerprint density at radius 3 is 2.42 bits per heavy atom. The van der Waals surface area contributed by atoms with Gasteiger partial charge >= 0.3 is 11.9 Å². The molecule has 1 aromatic carbocycles. The fourth-order valence-corrected chi connectivity index (χ4v) is 1.46. The van der Waals surface area contributed by atoms with Crippen LogP contribution in [-0.4, -0.2) is 25.2 Å². The summed E-state index contributed by atoms with van der Waals surface area (Å²) in [5.74, 6) is -1.98. The number of carbonyl (C=O) groups excluding carboxylic acids is 2. The van der Waals surface area contributed by atoms with Crippen molar-refractivity contribution in [3.8, 4) is 0 Å². The lowest BCUT2D eigenvalue weighted by Gasteiger charge is -2.09. The first kappa shape index (κ1) is 15.1. The average Bonchev–Trinajstić information content (AvgIpc) is 2.39. The minimum atomic E-state index is -0.712. The molecule has 0 atom stereocenters. The zero-order chi connectivity index (χ0) is 14.3. The van der Waals surface area contributed by atoms with Crippen molar-refractivity contribution >= 4 is 11.9 Å². The first-order valence-corrected chi connectivity index (χ1v) is 6.24. The molecular weight excluding hydrogens is 251 g/mol. The second kappa shape index (κ2) is 7.51. The van der Waals surface area contributed by atoms with Crippen LogP contribution in [0.15, 0.2) is 18.2 Å². The third-order valence-electron chi connectivity index (χ3n) is 2.43. The van der Waals surface area contributed by atoms with E-state index >= 15 is 0 Å². The van der Waals surface area contributed by atoms with Crippen molar-refractivity contribution in [2.45, 2.75) is 26.7 Å². The predicted octanol–water partition coefficient (Wildman–Crippen LogP) is 2.96. The number of rotatable bonds is 6. The van der Waals surface area contributed by atoms with Crippen molar-refractivity contribution in [2.75, 3.05) is 13.2 Å². The van der Waals surface area contributed by atoms with Gasteiger partial charge in [-0.3, -0.25) is 0 Å². The van der Waals surface area contributed by atoms with Crippen molar-refractivity contribution in [1.82, 2.24) is 0 Å². The second-order valence-electron chi connectivity index (χ2n) is 3.90. The SMILES string of the molecule is CCCCOC(=O)c1cc(F)ccc1C(=O)OCC. The summed E-state index contributed by atoms with van der Waals surface area (Å²) in [6.45, 7) is 4.04. The standard InChI is InChI=1S/C14H17FO4/c1-3-5-8-19-14(17)12-9-10(15)6-7-11(12)13(16)18-4-2/h6-7,9H,3-5,8H2,1-2H3. The molecule has 0 aliphatic rings. The van der Waals surface area contributed by atoms with Gasteiger partial charge in [0, 0.05) is 0 Å². The Balaban J connectivity index is 2.93. The number of unbranched alkanes of at least 4 members (excludes halogenated alkanes) is 1. The van der Waals surface area contributed by atoms with E-state index in [1.807, 2.05) is 6.92 Å². The molecule has 0 saturated heterocycles. The van der Waals surface area contributed by atoms with Gasteiger partial charge in [-0.1, -0.05) is 13.3 Å². The van der Waals surface area contributed by atoms with Gasteiger partial charge in [-0.15, -0.1) is 0 Å². The summed E-state index contributed by atoms with van der Waals surface area (Å²) < 4.78 is 23.0. The molecule has 0 N–H and O–H groups in total. The smallest absolute Gasteiger partial charge is 0.339 e. The highest BCUT2D eigenvalue weighted by Gasteiger charge is 2.20. The highest BCUT2D eigenvalue weighted by atomic mass is 19.1. The molecule has 0 aliphatic carbocycles. The Hall–Kier alpha value is -1.91. The molecule has 0 radical (unpaired) electrons. The van der Waals surface area contributed by atoms with Crippen LogP contribution in [0.1, 0.15) is 47.4 Å². The van der Waals surface area contributed by atoms with Crippen LogP contribution >= 0.6 is 0 Å². The van der Waals surface area contributed by atoms with E-state index in [2.05, 4.69) is 0 Å². The minimum absolute atomic E-state index is 0.0183. The number of benzene rings is 1. The zero-order valence-corrected chi connectivity index (χ0v) is 11.1. The quantitative estimate of drug-likeness (QED) is 0.588. The topological polar surface area (TPSA) is 52.6 Å². The van der Waals surface area contributed by atoms with Crippen LogP contribution in [0.3, 0.4) is 0 Å². The number of halogens is 1. The van der Waals surface area contributed by atoms with Gasteiger partial charge in [0.15, 0.2) is 0 Å². The Labute approximate surface area is 111 Å². The molecule has 0 spiro atoms. The molecule has 1 aromatic rings. The summed E-state index contributed by atoms with van der Waals surface area (Å²) in [6, 6.07) is 3.32. The molecule has 0 amide bonds. The van der Waals surface area contributed by atoms with Gasteiger partial charge in [0.25, 0.3) is 0 Å². The first-order valence-electron chi connectivity index (χ1n) is 6.24. The first-order chi connectivity index (χ1) is 9.10. The molecule has 0 heterocycles. The van der Waals surface area contributed by atoms with E-state index in [9.17, 15) is 14.0 Å². The van der Waals surface area contributed by atoms with Crippen molar-refractivity contribution < 1.29 is 23.5 Å². The van der Waals surface area contributed by atoms with E-state index < -0.39 is 17.8 Å². The number of ether oxygens (including phenoxy) is 2. The summed E-state index contributed by atoms with van der Waals surface area (Å²) in [5, 5.41) is 0. The van der Waals surface area contributed by atoms with E-state index in [0.29, 0.717) is 0 Å². The van der Waals surface area contributed by atoms with Crippen molar-refractivity contribution in [3.05, 3.63) is 35.1 Å². The summed E-state index contributed by atoms with van der Waals surface area (Å²) in [5.41, 5.74) is -0.0840. The van der Waals surface area contributed by atoms with Gasteiger partial charge in [-0.2, -0.15) is 0 Å². The summed E-state index contributed by atoms with van der Waals surface area (Å²) >= 11 is 0. The fraction of sp³-hybridized carbons (Fsp3) is 0.429. The fourth-order valence-electron chi connectivity index (χ4n) is 1.46. The van der Waals surface area contributed by atoms with E-state index in [0.717, 1.165) is 25.0 Å². The van der Waals surface area contributed by atoms with E-state index in [-0.39, 0.29) is 24.3 Å². The third-order valence-corrected chi connectivity index (χ3v) is 2.43. The number of esters is 2. The van der Waals surface area contributed by atoms with Crippen molar-refractivity contribution in [2.24, 2.45) is 0 Å². The lowest BCUT2D eigenvalue weighted by molar-refractivity contribution is 0.0463. The average molecular weight is 268 g/mol. The van der Waals surface area contributed by atoms with Crippen LogP contribution in [0.5, 0.6) is 0 Å². The molecule has 0 unspecified atom stereocenters. The molecule has 5 heteroatoms. The highest BCUT2D eigenvalue weighted by Crippen LogP contribution is 2.14. The van der Waals surface area contributed by atoms with Crippen molar-refractivity contribution in [1.29, 1.82) is 0 Å². The monoisotopic (exact) mass is 268 g/mol. The van der Waals surface area contributed by atoms with Gasteiger partial charge in [0.1, 0.15) is 5.82 Å². The van der Waals surface area contributed by atoms with Gasteiger partial charge in [-0.25, -0.2) is 14.0 Å². The third kappa shape index (κ3) is 4.35. The second-order valence-corrected chi connectivity index (χ2v) is 3.90. The molecule has 19 heavy (non-hydrogen) atoms. The maximum atomic E-state index is 13.2. The molecule has 0 aliphatic heterocycles. The van der Waals surface area contributed by atoms with Crippen LogP contribution in [0, 0.1) is 5.82 Å². The molecular formula is C14H17FO4. The lowest BCUT2D eigenvalue weighted by Crippen LogP contribution is -2.15. The largest absolute Gasteiger partial charge is 0.462 e. The Kier molecular flexibility index (Phi) is 5.99. The zero-order valence-electron chi connectivity index (χ0n) is 11.1. The molecule has 0 aromatic heterocycles. The van der Waals surface area contributed by atoms with Crippen LogP contribution in [0.2, 0.25) is 0 Å². The Bertz CT molecular complexity index is 457. The van der Waals surface area contributed by atoms with Crippen LogP contribution < -0.4 is 0 Å².